The Balaban J connectivity index is 1.81. The lowest BCUT2D eigenvalue weighted by atomic mass is 10.1. The summed E-state index contributed by atoms with van der Waals surface area (Å²) in [5.74, 6) is 0.340. The van der Waals surface area contributed by atoms with E-state index in [9.17, 15) is 15.3 Å². The molecule has 82 valence electrons. The molecular formula is C10H19NO3. The summed E-state index contributed by atoms with van der Waals surface area (Å²) in [4.78, 5) is 2.05. The van der Waals surface area contributed by atoms with Gasteiger partial charge >= 0.3 is 0 Å². The molecule has 1 heterocycles. The molecule has 0 spiro atoms. The molecule has 0 amide bonds. The number of hydrogen-bond acceptors (Lipinski definition) is 4. The Morgan fingerprint density at radius 1 is 0.929 bits per heavy atom. The molecule has 4 heteroatoms. The summed E-state index contributed by atoms with van der Waals surface area (Å²) in [5, 5.41) is 28.3. The summed E-state index contributed by atoms with van der Waals surface area (Å²) in [7, 11) is 0. The van der Waals surface area contributed by atoms with E-state index < -0.39 is 12.2 Å². The molecule has 4 nitrogen and oxygen atoms in total. The van der Waals surface area contributed by atoms with E-state index in [-0.39, 0.29) is 6.10 Å². The van der Waals surface area contributed by atoms with E-state index >= 15 is 0 Å². The molecule has 1 saturated heterocycles. The number of nitrogens with zero attached hydrogens (tertiary/aromatic N) is 1. The monoisotopic (exact) mass is 201 g/mol. The summed E-state index contributed by atoms with van der Waals surface area (Å²) < 4.78 is 0. The van der Waals surface area contributed by atoms with Crippen LogP contribution in [-0.4, -0.2) is 58.2 Å². The lowest BCUT2D eigenvalue weighted by molar-refractivity contribution is 0.0572. The average Bonchev–Trinajstić information content (AvgIpc) is 2.63. The highest BCUT2D eigenvalue weighted by Crippen LogP contribution is 2.27. The molecule has 0 aromatic rings. The molecule has 0 aromatic heterocycles. The van der Waals surface area contributed by atoms with Crippen molar-refractivity contribution in [2.75, 3.05) is 19.6 Å². The summed E-state index contributed by atoms with van der Waals surface area (Å²) in [6, 6.07) is 0. The van der Waals surface area contributed by atoms with Crippen LogP contribution in [0.1, 0.15) is 19.3 Å². The number of likely N-dealkylation sites (tertiary alicyclic amines) is 1. The first kappa shape index (κ1) is 10.4. The van der Waals surface area contributed by atoms with Crippen molar-refractivity contribution in [1.82, 2.24) is 4.90 Å². The number of aliphatic hydroxyl groups excluding tert-OH is 3. The van der Waals surface area contributed by atoms with Gasteiger partial charge in [0.15, 0.2) is 0 Å². The van der Waals surface area contributed by atoms with E-state index in [1.165, 1.54) is 0 Å². The average molecular weight is 201 g/mol. The van der Waals surface area contributed by atoms with Gasteiger partial charge in [-0.15, -0.1) is 0 Å². The van der Waals surface area contributed by atoms with E-state index in [4.69, 9.17) is 0 Å². The predicted molar refractivity (Wildman–Crippen MR) is 51.8 cm³/mol. The van der Waals surface area contributed by atoms with Crippen molar-refractivity contribution in [1.29, 1.82) is 0 Å². The van der Waals surface area contributed by atoms with Gasteiger partial charge in [-0.1, -0.05) is 6.42 Å². The summed E-state index contributed by atoms with van der Waals surface area (Å²) in [5.41, 5.74) is 0. The van der Waals surface area contributed by atoms with Crippen LogP contribution >= 0.6 is 0 Å². The molecule has 14 heavy (non-hydrogen) atoms. The molecule has 0 aromatic carbocycles. The molecule has 2 rings (SSSR count). The van der Waals surface area contributed by atoms with Crippen LogP contribution in [-0.2, 0) is 0 Å². The first-order chi connectivity index (χ1) is 6.66. The fourth-order valence-electron chi connectivity index (χ4n) is 2.56. The van der Waals surface area contributed by atoms with Crippen LogP contribution in [0.15, 0.2) is 0 Å². The van der Waals surface area contributed by atoms with Crippen LogP contribution in [0.2, 0.25) is 0 Å². The fraction of sp³-hybridized carbons (Fsp3) is 1.00. The fourth-order valence-corrected chi connectivity index (χ4v) is 2.56. The minimum Gasteiger partial charge on any atom is -0.393 e. The lowest BCUT2D eigenvalue weighted by Crippen LogP contribution is -2.32. The van der Waals surface area contributed by atoms with Gasteiger partial charge in [0.05, 0.1) is 18.3 Å². The zero-order chi connectivity index (χ0) is 10.1. The lowest BCUT2D eigenvalue weighted by Gasteiger charge is -2.21. The quantitative estimate of drug-likeness (QED) is 0.546. The summed E-state index contributed by atoms with van der Waals surface area (Å²) >= 11 is 0. The Labute approximate surface area is 84.2 Å². The Hall–Kier alpha value is -0.160. The third-order valence-corrected chi connectivity index (χ3v) is 3.45. The van der Waals surface area contributed by atoms with Crippen molar-refractivity contribution in [3.05, 3.63) is 0 Å². The van der Waals surface area contributed by atoms with Gasteiger partial charge in [0.25, 0.3) is 0 Å². The minimum absolute atomic E-state index is 0.176. The number of aliphatic hydroxyl groups is 3. The maximum Gasteiger partial charge on any atom is 0.0938 e. The van der Waals surface area contributed by atoms with Gasteiger partial charge in [0.1, 0.15) is 0 Å². The number of rotatable bonds is 2. The maximum absolute atomic E-state index is 9.63. The van der Waals surface area contributed by atoms with Crippen LogP contribution in [0, 0.1) is 5.92 Å². The van der Waals surface area contributed by atoms with E-state index in [1.807, 2.05) is 0 Å². The summed E-state index contributed by atoms with van der Waals surface area (Å²) in [6.45, 7) is 1.91. The Kier molecular flexibility index (Phi) is 3.07. The Morgan fingerprint density at radius 3 is 2.07 bits per heavy atom. The maximum atomic E-state index is 9.63. The molecule has 1 saturated carbocycles. The third kappa shape index (κ3) is 2.08. The smallest absolute Gasteiger partial charge is 0.0938 e. The first-order valence-corrected chi connectivity index (χ1v) is 5.43. The number of β-amino-alcohol motifs (C(OH)–C–C–N with tert-alkyl or cyclic N) is 2. The van der Waals surface area contributed by atoms with Crippen molar-refractivity contribution in [2.45, 2.75) is 37.6 Å². The standard InChI is InChI=1S/C10H19NO3/c12-8-3-1-2-7(8)4-11-5-9(13)10(14)6-11/h7-10,12-14H,1-6H2. The highest BCUT2D eigenvalue weighted by atomic mass is 16.3. The van der Waals surface area contributed by atoms with Gasteiger partial charge in [-0.3, -0.25) is 4.90 Å². The normalized spacial score (nSPS) is 44.8. The molecule has 0 bridgehead atoms. The predicted octanol–water partition coefficient (Wildman–Crippen LogP) is -0.815. The van der Waals surface area contributed by atoms with E-state index in [2.05, 4.69) is 4.90 Å². The van der Waals surface area contributed by atoms with Crippen LogP contribution in [0.25, 0.3) is 0 Å². The van der Waals surface area contributed by atoms with Gasteiger partial charge in [-0.2, -0.15) is 0 Å². The SMILES string of the molecule is OC1CN(CC2CCCC2O)CC1O. The molecule has 1 aliphatic heterocycles. The van der Waals surface area contributed by atoms with Gasteiger partial charge < -0.3 is 15.3 Å². The van der Waals surface area contributed by atoms with Gasteiger partial charge in [-0.05, 0) is 18.8 Å². The van der Waals surface area contributed by atoms with Crippen LogP contribution in [0.5, 0.6) is 0 Å². The third-order valence-electron chi connectivity index (χ3n) is 3.45. The van der Waals surface area contributed by atoms with E-state index in [1.54, 1.807) is 0 Å². The van der Waals surface area contributed by atoms with Crippen molar-refractivity contribution in [2.24, 2.45) is 5.92 Å². The van der Waals surface area contributed by atoms with E-state index in [0.717, 1.165) is 25.8 Å². The van der Waals surface area contributed by atoms with Crippen molar-refractivity contribution in [3.8, 4) is 0 Å². The van der Waals surface area contributed by atoms with Crippen molar-refractivity contribution >= 4 is 0 Å². The molecular weight excluding hydrogens is 182 g/mol. The van der Waals surface area contributed by atoms with Crippen molar-refractivity contribution in [3.63, 3.8) is 0 Å². The number of hydrogen-bond donors (Lipinski definition) is 3. The summed E-state index contributed by atoms with van der Waals surface area (Å²) in [6.07, 6.45) is 1.70. The molecule has 0 radical (unpaired) electrons. The van der Waals surface area contributed by atoms with Crippen LogP contribution in [0.3, 0.4) is 0 Å². The molecule has 2 aliphatic rings. The molecule has 1 aliphatic carbocycles. The van der Waals surface area contributed by atoms with Gasteiger partial charge in [-0.25, -0.2) is 0 Å². The van der Waals surface area contributed by atoms with E-state index in [0.29, 0.717) is 19.0 Å². The second kappa shape index (κ2) is 4.14. The van der Waals surface area contributed by atoms with Crippen LogP contribution in [0.4, 0.5) is 0 Å². The Morgan fingerprint density at radius 2 is 1.57 bits per heavy atom. The van der Waals surface area contributed by atoms with Gasteiger partial charge in [0, 0.05) is 19.6 Å². The second-order valence-electron chi connectivity index (χ2n) is 4.61. The zero-order valence-electron chi connectivity index (χ0n) is 8.34. The van der Waals surface area contributed by atoms with Crippen LogP contribution < -0.4 is 0 Å². The molecule has 2 fully saturated rings. The molecule has 4 atom stereocenters. The van der Waals surface area contributed by atoms with Crippen molar-refractivity contribution < 1.29 is 15.3 Å². The largest absolute Gasteiger partial charge is 0.393 e. The molecule has 3 N–H and O–H groups in total. The minimum atomic E-state index is -0.603. The highest BCUT2D eigenvalue weighted by molar-refractivity contribution is 4.87. The zero-order valence-corrected chi connectivity index (χ0v) is 8.34. The molecule has 4 unspecified atom stereocenters. The highest BCUT2D eigenvalue weighted by Gasteiger charge is 2.33. The Bertz CT molecular complexity index is 190. The second-order valence-corrected chi connectivity index (χ2v) is 4.61. The van der Waals surface area contributed by atoms with Gasteiger partial charge in [0.2, 0.25) is 0 Å². The first-order valence-electron chi connectivity index (χ1n) is 5.43. The topological polar surface area (TPSA) is 63.9 Å².